The molecule has 1 saturated heterocycles. The van der Waals surface area contributed by atoms with Crippen LogP contribution in [0.15, 0.2) is 36.7 Å². The molecule has 0 bridgehead atoms. The van der Waals surface area contributed by atoms with Crippen LogP contribution in [0, 0.1) is 5.82 Å². The maximum atomic E-state index is 14.1. The van der Waals surface area contributed by atoms with Gasteiger partial charge in [0.25, 0.3) is 11.8 Å². The molecular formula is C19H22FN3O3. The minimum absolute atomic E-state index is 0.0559. The third-order valence-corrected chi connectivity index (χ3v) is 4.24. The number of aromatic nitrogens is 1. The number of hydrogen-bond acceptors (Lipinski definition) is 3. The van der Waals surface area contributed by atoms with Crippen LogP contribution >= 0.6 is 0 Å². The van der Waals surface area contributed by atoms with Gasteiger partial charge in [-0.1, -0.05) is 0 Å². The fraction of sp³-hybridized carbons (Fsp3) is 0.368. The summed E-state index contributed by atoms with van der Waals surface area (Å²) in [5, 5.41) is 0. The molecule has 7 heteroatoms. The van der Waals surface area contributed by atoms with Gasteiger partial charge in [-0.3, -0.25) is 9.59 Å². The molecule has 0 spiro atoms. The maximum Gasteiger partial charge on any atom is 0.255 e. The van der Waals surface area contributed by atoms with Crippen molar-refractivity contribution in [2.75, 3.05) is 26.2 Å². The number of nitrogens with one attached hydrogen (secondary N) is 1. The van der Waals surface area contributed by atoms with Gasteiger partial charge in [-0.05, 0) is 38.1 Å². The van der Waals surface area contributed by atoms with Crippen LogP contribution in [0.1, 0.15) is 34.6 Å². The van der Waals surface area contributed by atoms with Gasteiger partial charge in [0.05, 0.1) is 11.7 Å². The van der Waals surface area contributed by atoms with Crippen molar-refractivity contribution < 1.29 is 18.7 Å². The van der Waals surface area contributed by atoms with Crippen molar-refractivity contribution in [2.24, 2.45) is 0 Å². The minimum Gasteiger partial charge on any atom is -0.488 e. The molecule has 2 amide bonds. The average molecular weight is 359 g/mol. The summed E-state index contributed by atoms with van der Waals surface area (Å²) < 4.78 is 19.5. The Hall–Kier alpha value is -2.83. The predicted octanol–water partition coefficient (Wildman–Crippen LogP) is 2.54. The smallest absolute Gasteiger partial charge is 0.255 e. The Morgan fingerprint density at radius 2 is 1.65 bits per heavy atom. The number of carbonyl (C=O) groups excluding carboxylic acids is 2. The molecule has 0 unspecified atom stereocenters. The highest BCUT2D eigenvalue weighted by atomic mass is 19.1. The standard InChI is InChI=1S/C19H22FN3O3/c1-13(2)26-17-4-3-14(11-16(17)20)18(24)22-7-9-23(10-8-22)19(25)15-5-6-21-12-15/h3-6,11-13,21H,7-10H2,1-2H3. The molecule has 0 aliphatic carbocycles. The van der Waals surface area contributed by atoms with Crippen LogP contribution in [-0.4, -0.2) is 58.9 Å². The van der Waals surface area contributed by atoms with E-state index in [9.17, 15) is 14.0 Å². The van der Waals surface area contributed by atoms with Crippen molar-refractivity contribution in [3.8, 4) is 5.75 Å². The van der Waals surface area contributed by atoms with E-state index in [4.69, 9.17) is 4.74 Å². The van der Waals surface area contributed by atoms with Crippen LogP contribution in [0.25, 0.3) is 0 Å². The first kappa shape index (κ1) is 18.0. The highest BCUT2D eigenvalue weighted by Gasteiger charge is 2.26. The van der Waals surface area contributed by atoms with Gasteiger partial charge in [-0.25, -0.2) is 4.39 Å². The number of benzene rings is 1. The van der Waals surface area contributed by atoms with E-state index >= 15 is 0 Å². The second kappa shape index (κ2) is 7.59. The number of amides is 2. The predicted molar refractivity (Wildman–Crippen MR) is 94.8 cm³/mol. The van der Waals surface area contributed by atoms with Crippen molar-refractivity contribution >= 4 is 11.8 Å². The van der Waals surface area contributed by atoms with E-state index in [1.165, 1.54) is 12.1 Å². The van der Waals surface area contributed by atoms with Crippen molar-refractivity contribution in [3.63, 3.8) is 0 Å². The zero-order valence-electron chi connectivity index (χ0n) is 14.9. The lowest BCUT2D eigenvalue weighted by molar-refractivity contribution is 0.0535. The van der Waals surface area contributed by atoms with Gasteiger partial charge >= 0.3 is 0 Å². The van der Waals surface area contributed by atoms with Gasteiger partial charge in [0.1, 0.15) is 0 Å². The number of hydrogen-bond donors (Lipinski definition) is 1. The monoisotopic (exact) mass is 359 g/mol. The van der Waals surface area contributed by atoms with Gasteiger partial charge < -0.3 is 19.5 Å². The fourth-order valence-electron chi connectivity index (χ4n) is 2.92. The molecule has 1 aliphatic rings. The number of nitrogens with zero attached hydrogens (tertiary/aromatic N) is 2. The molecule has 1 aliphatic heterocycles. The van der Waals surface area contributed by atoms with Crippen molar-refractivity contribution in [1.29, 1.82) is 0 Å². The molecule has 2 heterocycles. The Balaban J connectivity index is 1.61. The van der Waals surface area contributed by atoms with Crippen molar-refractivity contribution in [3.05, 3.63) is 53.6 Å². The SMILES string of the molecule is CC(C)Oc1ccc(C(=O)N2CCN(C(=O)c3cc[nH]c3)CC2)cc1F. The number of rotatable bonds is 4. The van der Waals surface area contributed by atoms with E-state index in [0.717, 1.165) is 0 Å². The van der Waals surface area contributed by atoms with Crippen LogP contribution in [-0.2, 0) is 0 Å². The van der Waals surface area contributed by atoms with Gasteiger partial charge in [-0.2, -0.15) is 0 Å². The molecule has 26 heavy (non-hydrogen) atoms. The highest BCUT2D eigenvalue weighted by molar-refractivity contribution is 5.96. The molecule has 0 radical (unpaired) electrons. The van der Waals surface area contributed by atoms with E-state index in [0.29, 0.717) is 31.7 Å². The summed E-state index contributed by atoms with van der Waals surface area (Å²) >= 11 is 0. The normalized spacial score (nSPS) is 14.6. The number of piperazine rings is 1. The summed E-state index contributed by atoms with van der Waals surface area (Å²) in [6.45, 7) is 5.36. The van der Waals surface area contributed by atoms with Crippen LogP contribution in [0.2, 0.25) is 0 Å². The van der Waals surface area contributed by atoms with Gasteiger partial charge in [-0.15, -0.1) is 0 Å². The van der Waals surface area contributed by atoms with E-state index in [2.05, 4.69) is 4.98 Å². The fourth-order valence-corrected chi connectivity index (χ4v) is 2.92. The van der Waals surface area contributed by atoms with E-state index in [1.807, 2.05) is 13.8 Å². The molecular weight excluding hydrogens is 337 g/mol. The minimum atomic E-state index is -0.550. The summed E-state index contributed by atoms with van der Waals surface area (Å²) in [5.41, 5.74) is 0.886. The number of carbonyl (C=O) groups is 2. The zero-order valence-corrected chi connectivity index (χ0v) is 14.9. The average Bonchev–Trinajstić information content (AvgIpc) is 3.16. The van der Waals surface area contributed by atoms with E-state index in [1.54, 1.807) is 34.3 Å². The largest absolute Gasteiger partial charge is 0.488 e. The lowest BCUT2D eigenvalue weighted by Gasteiger charge is -2.34. The Morgan fingerprint density at radius 3 is 2.15 bits per heavy atom. The van der Waals surface area contributed by atoms with Crippen LogP contribution < -0.4 is 4.74 Å². The lowest BCUT2D eigenvalue weighted by atomic mass is 10.1. The Morgan fingerprint density at radius 1 is 1.04 bits per heavy atom. The van der Waals surface area contributed by atoms with Crippen molar-refractivity contribution in [1.82, 2.24) is 14.8 Å². The van der Waals surface area contributed by atoms with Crippen LogP contribution in [0.4, 0.5) is 4.39 Å². The lowest BCUT2D eigenvalue weighted by Crippen LogP contribution is -2.50. The van der Waals surface area contributed by atoms with Gasteiger partial charge in [0.15, 0.2) is 11.6 Å². The zero-order chi connectivity index (χ0) is 18.7. The first-order chi connectivity index (χ1) is 12.5. The second-order valence-electron chi connectivity index (χ2n) is 6.50. The number of ether oxygens (including phenoxy) is 1. The molecule has 0 atom stereocenters. The molecule has 2 aromatic rings. The first-order valence-corrected chi connectivity index (χ1v) is 8.63. The summed E-state index contributed by atoms with van der Waals surface area (Å²) in [6, 6.07) is 5.98. The molecule has 1 fully saturated rings. The third-order valence-electron chi connectivity index (χ3n) is 4.24. The molecule has 1 aromatic carbocycles. The Labute approximate surface area is 151 Å². The third kappa shape index (κ3) is 3.87. The molecule has 3 rings (SSSR count). The van der Waals surface area contributed by atoms with Crippen LogP contribution in [0.3, 0.4) is 0 Å². The highest BCUT2D eigenvalue weighted by Crippen LogP contribution is 2.21. The van der Waals surface area contributed by atoms with Gasteiger partial charge in [0.2, 0.25) is 0 Å². The number of H-pyrrole nitrogens is 1. The molecule has 1 aromatic heterocycles. The first-order valence-electron chi connectivity index (χ1n) is 8.63. The Bertz CT molecular complexity index is 781. The molecule has 1 N–H and O–H groups in total. The maximum absolute atomic E-state index is 14.1. The summed E-state index contributed by atoms with van der Waals surface area (Å²) in [5.74, 6) is -0.711. The number of halogens is 1. The van der Waals surface area contributed by atoms with Gasteiger partial charge in [0, 0.05) is 44.1 Å². The quantitative estimate of drug-likeness (QED) is 0.912. The topological polar surface area (TPSA) is 65.6 Å². The summed E-state index contributed by atoms with van der Waals surface area (Å²) in [4.78, 5) is 31.1. The summed E-state index contributed by atoms with van der Waals surface area (Å²) in [7, 11) is 0. The van der Waals surface area contributed by atoms with E-state index in [-0.39, 0.29) is 29.2 Å². The number of aromatic amines is 1. The van der Waals surface area contributed by atoms with Crippen molar-refractivity contribution in [2.45, 2.75) is 20.0 Å². The summed E-state index contributed by atoms with van der Waals surface area (Å²) in [6.07, 6.45) is 3.22. The molecule has 0 saturated carbocycles. The second-order valence-corrected chi connectivity index (χ2v) is 6.50. The molecule has 6 nitrogen and oxygen atoms in total. The van der Waals surface area contributed by atoms with E-state index < -0.39 is 5.82 Å². The molecule has 138 valence electrons. The van der Waals surface area contributed by atoms with Crippen LogP contribution in [0.5, 0.6) is 5.75 Å². The Kier molecular flexibility index (Phi) is 5.25.